The molecule has 0 amide bonds. The van der Waals surface area contributed by atoms with Gasteiger partial charge in [0.1, 0.15) is 18.0 Å². The Balaban J connectivity index is 2.11. The van der Waals surface area contributed by atoms with E-state index in [-0.39, 0.29) is 24.0 Å². The van der Waals surface area contributed by atoms with E-state index in [2.05, 4.69) is 5.32 Å². The molecule has 1 aliphatic rings. The van der Waals surface area contributed by atoms with E-state index in [4.69, 9.17) is 9.47 Å². The molecular formula is C14H18F3NO2. The molecule has 3 unspecified atom stereocenters. The lowest BCUT2D eigenvalue weighted by Crippen LogP contribution is -2.60. The van der Waals surface area contributed by atoms with Crippen molar-refractivity contribution in [3.63, 3.8) is 0 Å². The minimum atomic E-state index is -4.41. The summed E-state index contributed by atoms with van der Waals surface area (Å²) in [7, 11) is 1.80. The van der Waals surface area contributed by atoms with Gasteiger partial charge in [-0.05, 0) is 26.1 Å². The highest BCUT2D eigenvalue weighted by atomic mass is 19.4. The van der Waals surface area contributed by atoms with Crippen molar-refractivity contribution in [1.82, 2.24) is 5.32 Å². The van der Waals surface area contributed by atoms with Gasteiger partial charge in [0.15, 0.2) is 0 Å². The van der Waals surface area contributed by atoms with Gasteiger partial charge in [-0.1, -0.05) is 12.1 Å². The fourth-order valence-corrected chi connectivity index (χ4v) is 2.36. The second kappa shape index (κ2) is 6.01. The molecule has 0 spiro atoms. The molecule has 1 aromatic carbocycles. The van der Waals surface area contributed by atoms with Crippen molar-refractivity contribution in [2.45, 2.75) is 37.8 Å². The highest BCUT2D eigenvalue weighted by Crippen LogP contribution is 2.38. The Kier molecular flexibility index (Phi) is 4.55. The fraction of sp³-hybridized carbons (Fsp3) is 0.571. The van der Waals surface area contributed by atoms with Crippen molar-refractivity contribution >= 4 is 0 Å². The lowest BCUT2D eigenvalue weighted by atomic mass is 9.85. The number of rotatable bonds is 5. The summed E-state index contributed by atoms with van der Waals surface area (Å²) >= 11 is 0. The smallest absolute Gasteiger partial charge is 0.419 e. The summed E-state index contributed by atoms with van der Waals surface area (Å²) in [5.41, 5.74) is -0.747. The molecule has 1 N–H and O–H groups in total. The number of nitrogens with one attached hydrogen (secondary N) is 1. The standard InChI is InChI=1S/C14H18F3NO2/c1-3-19-13-10(18-2)8-12(13)20-11-7-5-4-6-9(11)14(15,16)17/h4-7,10,12-13,18H,3,8H2,1-2H3. The van der Waals surface area contributed by atoms with Crippen molar-refractivity contribution in [1.29, 1.82) is 0 Å². The van der Waals surface area contributed by atoms with E-state index in [0.29, 0.717) is 13.0 Å². The van der Waals surface area contributed by atoms with Gasteiger partial charge >= 0.3 is 6.18 Å². The van der Waals surface area contributed by atoms with Crippen LogP contribution in [0.4, 0.5) is 13.2 Å². The maximum absolute atomic E-state index is 12.9. The molecule has 0 saturated heterocycles. The summed E-state index contributed by atoms with van der Waals surface area (Å²) in [4.78, 5) is 0. The fourth-order valence-electron chi connectivity index (χ4n) is 2.36. The van der Waals surface area contributed by atoms with Crippen molar-refractivity contribution in [2.24, 2.45) is 0 Å². The average molecular weight is 289 g/mol. The van der Waals surface area contributed by atoms with Crippen molar-refractivity contribution < 1.29 is 22.6 Å². The highest BCUT2D eigenvalue weighted by molar-refractivity contribution is 5.36. The lowest BCUT2D eigenvalue weighted by molar-refractivity contribution is -0.143. The van der Waals surface area contributed by atoms with Gasteiger partial charge in [0.25, 0.3) is 0 Å². The molecule has 2 rings (SSSR count). The first kappa shape index (κ1) is 15.1. The monoisotopic (exact) mass is 289 g/mol. The maximum atomic E-state index is 12.9. The van der Waals surface area contributed by atoms with Crippen LogP contribution in [0.5, 0.6) is 5.75 Å². The molecule has 6 heteroatoms. The predicted molar refractivity (Wildman–Crippen MR) is 68.7 cm³/mol. The van der Waals surface area contributed by atoms with Crippen LogP contribution in [-0.2, 0) is 10.9 Å². The van der Waals surface area contributed by atoms with Crippen LogP contribution in [-0.4, -0.2) is 31.9 Å². The first-order chi connectivity index (χ1) is 9.47. The van der Waals surface area contributed by atoms with Crippen LogP contribution in [0, 0.1) is 0 Å². The first-order valence-corrected chi connectivity index (χ1v) is 6.59. The molecule has 0 aromatic heterocycles. The molecule has 0 bridgehead atoms. The third-order valence-corrected chi connectivity index (χ3v) is 3.45. The number of hydrogen-bond donors (Lipinski definition) is 1. The first-order valence-electron chi connectivity index (χ1n) is 6.59. The number of halogens is 3. The van der Waals surface area contributed by atoms with Crippen LogP contribution in [0.2, 0.25) is 0 Å². The Morgan fingerprint density at radius 1 is 1.30 bits per heavy atom. The molecule has 0 radical (unpaired) electrons. The molecule has 3 nitrogen and oxygen atoms in total. The molecule has 0 aliphatic heterocycles. The zero-order valence-electron chi connectivity index (χ0n) is 11.4. The molecule has 1 aromatic rings. The van der Waals surface area contributed by atoms with Crippen LogP contribution >= 0.6 is 0 Å². The third kappa shape index (κ3) is 3.07. The normalized spacial score (nSPS) is 26.1. The Bertz CT molecular complexity index is 450. The summed E-state index contributed by atoms with van der Waals surface area (Å²) in [6.07, 6.45) is -4.35. The van der Waals surface area contributed by atoms with E-state index >= 15 is 0 Å². The Morgan fingerprint density at radius 3 is 2.60 bits per heavy atom. The average Bonchev–Trinajstić information content (AvgIpc) is 2.39. The third-order valence-electron chi connectivity index (χ3n) is 3.45. The second-order valence-corrected chi connectivity index (χ2v) is 4.70. The van der Waals surface area contributed by atoms with E-state index in [0.717, 1.165) is 6.07 Å². The van der Waals surface area contributed by atoms with Gasteiger partial charge in [0.05, 0.1) is 5.56 Å². The number of benzene rings is 1. The van der Waals surface area contributed by atoms with Gasteiger partial charge in [-0.3, -0.25) is 0 Å². The molecule has 112 valence electrons. The predicted octanol–water partition coefficient (Wildman–Crippen LogP) is 2.85. The minimum Gasteiger partial charge on any atom is -0.487 e. The second-order valence-electron chi connectivity index (χ2n) is 4.70. The molecule has 1 fully saturated rings. The van der Waals surface area contributed by atoms with Gasteiger partial charge in [0, 0.05) is 19.1 Å². The van der Waals surface area contributed by atoms with Crippen molar-refractivity contribution in [2.75, 3.05) is 13.7 Å². The summed E-state index contributed by atoms with van der Waals surface area (Å²) < 4.78 is 49.7. The SMILES string of the molecule is CCOC1C(NC)CC1Oc1ccccc1C(F)(F)F. The summed E-state index contributed by atoms with van der Waals surface area (Å²) in [5, 5.41) is 3.07. The summed E-state index contributed by atoms with van der Waals surface area (Å²) in [5.74, 6) is -0.135. The summed E-state index contributed by atoms with van der Waals surface area (Å²) in [6.45, 7) is 2.36. The van der Waals surface area contributed by atoms with Gasteiger partial charge in [-0.2, -0.15) is 13.2 Å². The quantitative estimate of drug-likeness (QED) is 0.904. The van der Waals surface area contributed by atoms with Gasteiger partial charge in [-0.25, -0.2) is 0 Å². The van der Waals surface area contributed by atoms with E-state index in [1.54, 1.807) is 7.05 Å². The topological polar surface area (TPSA) is 30.5 Å². The van der Waals surface area contributed by atoms with Crippen LogP contribution in [0.1, 0.15) is 18.9 Å². The number of hydrogen-bond acceptors (Lipinski definition) is 3. The van der Waals surface area contributed by atoms with Gasteiger partial charge in [-0.15, -0.1) is 0 Å². The van der Waals surface area contributed by atoms with Gasteiger partial charge < -0.3 is 14.8 Å². The van der Waals surface area contributed by atoms with Crippen LogP contribution in [0.15, 0.2) is 24.3 Å². The number of para-hydroxylation sites is 1. The zero-order valence-corrected chi connectivity index (χ0v) is 11.4. The maximum Gasteiger partial charge on any atom is 0.419 e. The molecule has 1 aliphatic carbocycles. The van der Waals surface area contributed by atoms with Gasteiger partial charge in [0.2, 0.25) is 0 Å². The Morgan fingerprint density at radius 2 is 2.00 bits per heavy atom. The van der Waals surface area contributed by atoms with Crippen LogP contribution in [0.3, 0.4) is 0 Å². The molecule has 1 saturated carbocycles. The molecule has 0 heterocycles. The zero-order chi connectivity index (χ0) is 14.8. The van der Waals surface area contributed by atoms with E-state index in [1.807, 2.05) is 6.92 Å². The minimum absolute atomic E-state index is 0.123. The summed E-state index contributed by atoms with van der Waals surface area (Å²) in [6, 6.07) is 5.39. The van der Waals surface area contributed by atoms with Crippen LogP contribution in [0.25, 0.3) is 0 Å². The van der Waals surface area contributed by atoms with Crippen molar-refractivity contribution in [3.8, 4) is 5.75 Å². The van der Waals surface area contributed by atoms with Crippen molar-refractivity contribution in [3.05, 3.63) is 29.8 Å². The van der Waals surface area contributed by atoms with E-state index < -0.39 is 11.7 Å². The van der Waals surface area contributed by atoms with E-state index in [1.165, 1.54) is 18.2 Å². The molecular weight excluding hydrogens is 271 g/mol. The Hall–Kier alpha value is -1.27. The largest absolute Gasteiger partial charge is 0.487 e. The molecule has 3 atom stereocenters. The van der Waals surface area contributed by atoms with Crippen LogP contribution < -0.4 is 10.1 Å². The number of likely N-dealkylation sites (N-methyl/N-ethyl adjacent to an activating group) is 1. The number of alkyl halides is 3. The highest BCUT2D eigenvalue weighted by Gasteiger charge is 2.44. The molecule has 20 heavy (non-hydrogen) atoms. The Labute approximate surface area is 116 Å². The number of ether oxygens (including phenoxy) is 2. The lowest BCUT2D eigenvalue weighted by Gasteiger charge is -2.43. The van der Waals surface area contributed by atoms with E-state index in [9.17, 15) is 13.2 Å².